The van der Waals surface area contributed by atoms with E-state index in [0.717, 1.165) is 25.9 Å². The van der Waals surface area contributed by atoms with Crippen LogP contribution in [0.2, 0.25) is 0 Å². The summed E-state index contributed by atoms with van der Waals surface area (Å²) in [6.45, 7) is 5.11. The van der Waals surface area contributed by atoms with E-state index < -0.39 is 5.97 Å². The number of amides is 1. The fraction of sp³-hybridized carbons (Fsp3) is 0.818. The molecular formula is C11H20N2O3. The molecule has 2 N–H and O–H groups in total. The lowest BCUT2D eigenvalue weighted by atomic mass is 10.0. The van der Waals surface area contributed by atoms with Crippen LogP contribution in [0.15, 0.2) is 0 Å². The van der Waals surface area contributed by atoms with Crippen LogP contribution in [0.25, 0.3) is 0 Å². The van der Waals surface area contributed by atoms with E-state index in [2.05, 4.69) is 10.2 Å². The van der Waals surface area contributed by atoms with Crippen molar-refractivity contribution in [2.24, 2.45) is 0 Å². The predicted octanol–water partition coefficient (Wildman–Crippen LogP) is 0.450. The van der Waals surface area contributed by atoms with Gasteiger partial charge in [0.2, 0.25) is 5.91 Å². The molecule has 1 aliphatic rings. The number of carboxylic acids is 1. The Bertz CT molecular complexity index is 254. The second kappa shape index (κ2) is 5.84. The van der Waals surface area contributed by atoms with Gasteiger partial charge in [0.1, 0.15) is 0 Å². The highest BCUT2D eigenvalue weighted by atomic mass is 16.4. The summed E-state index contributed by atoms with van der Waals surface area (Å²) in [6, 6.07) is 0.205. The zero-order valence-electron chi connectivity index (χ0n) is 9.90. The molecule has 5 nitrogen and oxygen atoms in total. The van der Waals surface area contributed by atoms with E-state index in [1.165, 1.54) is 6.92 Å². The van der Waals surface area contributed by atoms with Crippen molar-refractivity contribution in [1.29, 1.82) is 0 Å². The molecule has 0 spiro atoms. The fourth-order valence-corrected chi connectivity index (χ4v) is 2.19. The van der Waals surface area contributed by atoms with E-state index in [1.54, 1.807) is 0 Å². The van der Waals surface area contributed by atoms with Gasteiger partial charge in [0.05, 0.1) is 6.42 Å². The van der Waals surface area contributed by atoms with Crippen LogP contribution in [0.5, 0.6) is 0 Å². The summed E-state index contributed by atoms with van der Waals surface area (Å²) >= 11 is 0. The Balaban J connectivity index is 2.43. The van der Waals surface area contributed by atoms with E-state index >= 15 is 0 Å². The highest BCUT2D eigenvalue weighted by Gasteiger charge is 2.24. The lowest BCUT2D eigenvalue weighted by molar-refractivity contribution is -0.138. The number of hydrogen-bond donors (Lipinski definition) is 2. The monoisotopic (exact) mass is 228 g/mol. The first-order valence-electron chi connectivity index (χ1n) is 5.72. The zero-order chi connectivity index (χ0) is 12.1. The van der Waals surface area contributed by atoms with Crippen molar-refractivity contribution < 1.29 is 14.7 Å². The third-order valence-electron chi connectivity index (χ3n) is 2.95. The average molecular weight is 228 g/mol. The van der Waals surface area contributed by atoms with Crippen LogP contribution < -0.4 is 5.32 Å². The van der Waals surface area contributed by atoms with Gasteiger partial charge in [-0.2, -0.15) is 0 Å². The maximum Gasteiger partial charge on any atom is 0.304 e. The summed E-state index contributed by atoms with van der Waals surface area (Å²) in [5, 5.41) is 11.6. The number of likely N-dealkylation sites (tertiary alicyclic amines) is 1. The van der Waals surface area contributed by atoms with Crippen LogP contribution in [0, 0.1) is 0 Å². The van der Waals surface area contributed by atoms with E-state index in [-0.39, 0.29) is 24.4 Å². The van der Waals surface area contributed by atoms with E-state index in [9.17, 15) is 9.59 Å². The molecule has 0 aromatic rings. The van der Waals surface area contributed by atoms with Gasteiger partial charge in [-0.1, -0.05) is 0 Å². The summed E-state index contributed by atoms with van der Waals surface area (Å²) in [7, 11) is 0. The summed E-state index contributed by atoms with van der Waals surface area (Å²) in [4.78, 5) is 23.7. The van der Waals surface area contributed by atoms with Gasteiger partial charge in [0.25, 0.3) is 0 Å². The molecule has 1 amide bonds. The Morgan fingerprint density at radius 3 is 2.81 bits per heavy atom. The minimum absolute atomic E-state index is 0.0160. The van der Waals surface area contributed by atoms with Crippen molar-refractivity contribution in [1.82, 2.24) is 10.2 Å². The van der Waals surface area contributed by atoms with Gasteiger partial charge in [0.15, 0.2) is 0 Å². The number of carboxylic acid groups (broad SMARTS) is 1. The highest BCUT2D eigenvalue weighted by Crippen LogP contribution is 2.14. The molecular weight excluding hydrogens is 208 g/mol. The molecule has 1 aliphatic heterocycles. The van der Waals surface area contributed by atoms with Crippen LogP contribution in [-0.2, 0) is 9.59 Å². The number of hydrogen-bond acceptors (Lipinski definition) is 3. The SMILES string of the molecule is CC(=O)NC1CCCN(C(C)CC(=O)O)C1. The smallest absolute Gasteiger partial charge is 0.304 e. The van der Waals surface area contributed by atoms with Crippen LogP contribution in [-0.4, -0.2) is 47.1 Å². The molecule has 0 saturated carbocycles. The topological polar surface area (TPSA) is 69.6 Å². The Labute approximate surface area is 95.8 Å². The van der Waals surface area contributed by atoms with Crippen molar-refractivity contribution in [3.05, 3.63) is 0 Å². The molecule has 2 atom stereocenters. The van der Waals surface area contributed by atoms with Crippen molar-refractivity contribution in [3.63, 3.8) is 0 Å². The van der Waals surface area contributed by atoms with Crippen LogP contribution in [0.1, 0.15) is 33.1 Å². The first kappa shape index (κ1) is 13.0. The van der Waals surface area contributed by atoms with Crippen LogP contribution >= 0.6 is 0 Å². The maximum absolute atomic E-state index is 10.9. The fourth-order valence-electron chi connectivity index (χ4n) is 2.19. The molecule has 0 aromatic carbocycles. The number of nitrogens with one attached hydrogen (secondary N) is 1. The number of rotatable bonds is 4. The van der Waals surface area contributed by atoms with Gasteiger partial charge in [0, 0.05) is 25.6 Å². The molecule has 1 fully saturated rings. The minimum Gasteiger partial charge on any atom is -0.481 e. The largest absolute Gasteiger partial charge is 0.481 e. The molecule has 16 heavy (non-hydrogen) atoms. The second-order valence-electron chi connectivity index (χ2n) is 4.48. The molecule has 0 aliphatic carbocycles. The lowest BCUT2D eigenvalue weighted by Gasteiger charge is -2.36. The average Bonchev–Trinajstić information content (AvgIpc) is 2.16. The molecule has 0 bridgehead atoms. The van der Waals surface area contributed by atoms with Gasteiger partial charge in [-0.25, -0.2) is 0 Å². The van der Waals surface area contributed by atoms with Gasteiger partial charge >= 0.3 is 5.97 Å². The Kier molecular flexibility index (Phi) is 4.73. The molecule has 92 valence electrons. The number of carbonyl (C=O) groups is 2. The van der Waals surface area contributed by atoms with E-state index in [4.69, 9.17) is 5.11 Å². The number of piperidine rings is 1. The Hall–Kier alpha value is -1.10. The van der Waals surface area contributed by atoms with Crippen LogP contribution in [0.3, 0.4) is 0 Å². The van der Waals surface area contributed by atoms with Crippen LogP contribution in [0.4, 0.5) is 0 Å². The maximum atomic E-state index is 10.9. The standard InChI is InChI=1S/C11H20N2O3/c1-8(6-11(15)16)13-5-3-4-10(7-13)12-9(2)14/h8,10H,3-7H2,1-2H3,(H,12,14)(H,15,16). The Morgan fingerprint density at radius 2 is 2.25 bits per heavy atom. The third-order valence-corrected chi connectivity index (χ3v) is 2.95. The molecule has 0 radical (unpaired) electrons. The van der Waals surface area contributed by atoms with Gasteiger partial charge < -0.3 is 10.4 Å². The van der Waals surface area contributed by atoms with Crippen molar-refractivity contribution in [2.45, 2.75) is 45.2 Å². The summed E-state index contributed by atoms with van der Waals surface area (Å²) < 4.78 is 0. The molecule has 5 heteroatoms. The highest BCUT2D eigenvalue weighted by molar-refractivity contribution is 5.73. The van der Waals surface area contributed by atoms with Crippen molar-refractivity contribution >= 4 is 11.9 Å². The number of aliphatic carboxylic acids is 1. The number of nitrogens with zero attached hydrogens (tertiary/aromatic N) is 1. The van der Waals surface area contributed by atoms with Crippen molar-refractivity contribution in [2.75, 3.05) is 13.1 Å². The van der Waals surface area contributed by atoms with Crippen molar-refractivity contribution in [3.8, 4) is 0 Å². The first-order chi connectivity index (χ1) is 7.49. The Morgan fingerprint density at radius 1 is 1.56 bits per heavy atom. The third kappa shape index (κ3) is 4.18. The summed E-state index contributed by atoms with van der Waals surface area (Å²) in [5.74, 6) is -0.785. The van der Waals surface area contributed by atoms with Gasteiger partial charge in [-0.05, 0) is 26.3 Å². The zero-order valence-corrected chi connectivity index (χ0v) is 9.90. The minimum atomic E-state index is -0.769. The van der Waals surface area contributed by atoms with E-state index in [0.29, 0.717) is 0 Å². The van der Waals surface area contributed by atoms with Gasteiger partial charge in [-0.15, -0.1) is 0 Å². The molecule has 1 saturated heterocycles. The molecule has 1 rings (SSSR count). The molecule has 1 heterocycles. The normalized spacial score (nSPS) is 23.8. The summed E-state index contributed by atoms with van der Waals surface area (Å²) in [6.07, 6.45) is 2.15. The quantitative estimate of drug-likeness (QED) is 0.733. The summed E-state index contributed by atoms with van der Waals surface area (Å²) in [5.41, 5.74) is 0. The van der Waals surface area contributed by atoms with Gasteiger partial charge in [-0.3, -0.25) is 14.5 Å². The number of carbonyl (C=O) groups excluding carboxylic acids is 1. The predicted molar refractivity (Wildman–Crippen MR) is 60.1 cm³/mol. The van der Waals surface area contributed by atoms with E-state index in [1.807, 2.05) is 6.92 Å². The molecule has 0 aromatic heterocycles. The first-order valence-corrected chi connectivity index (χ1v) is 5.72. The second-order valence-corrected chi connectivity index (χ2v) is 4.48. The molecule has 2 unspecified atom stereocenters. The lowest BCUT2D eigenvalue weighted by Crippen LogP contribution is -2.50.